The number of thiol groups is 1. The molecule has 1 aromatic rings. The quantitative estimate of drug-likeness (QED) is 0.247. The number of benzene rings is 1. The Kier molecular flexibility index (Phi) is 10.5. The van der Waals surface area contributed by atoms with Crippen LogP contribution < -0.4 is 16.0 Å². The van der Waals surface area contributed by atoms with Crippen molar-refractivity contribution in [3.63, 3.8) is 0 Å². The van der Waals surface area contributed by atoms with E-state index >= 15 is 0 Å². The molecule has 4 atom stereocenters. The molecule has 3 N–H and O–H groups in total. The van der Waals surface area contributed by atoms with Gasteiger partial charge < -0.3 is 20.7 Å². The summed E-state index contributed by atoms with van der Waals surface area (Å²) in [6, 6.07) is 5.51. The minimum atomic E-state index is -0.936. The summed E-state index contributed by atoms with van der Waals surface area (Å²) >= 11 is 10.0. The normalized spacial score (nSPS) is 21.0. The molecule has 1 aliphatic heterocycles. The topological polar surface area (TPSA) is 114 Å². The highest BCUT2D eigenvalue weighted by atomic mass is 35.5. The van der Waals surface area contributed by atoms with Gasteiger partial charge in [-0.2, -0.15) is 0 Å². The Bertz CT molecular complexity index is 1030. The lowest BCUT2D eigenvalue weighted by Crippen LogP contribution is -2.52. The number of hydrogen-bond acceptors (Lipinski definition) is 5. The molecular formula is C27H36ClN3O5S. The van der Waals surface area contributed by atoms with Crippen LogP contribution in [0.1, 0.15) is 57.9 Å². The molecule has 3 amide bonds. The van der Waals surface area contributed by atoms with Crippen molar-refractivity contribution in [2.75, 3.05) is 13.2 Å². The lowest BCUT2D eigenvalue weighted by molar-refractivity contribution is -0.128. The van der Waals surface area contributed by atoms with Gasteiger partial charge in [0.15, 0.2) is 0 Å². The van der Waals surface area contributed by atoms with Crippen LogP contribution in [0.2, 0.25) is 5.02 Å². The Hall–Kier alpha value is -2.52. The van der Waals surface area contributed by atoms with Crippen molar-refractivity contribution in [2.45, 2.75) is 69.9 Å². The first-order valence-electron chi connectivity index (χ1n) is 12.7. The second-order valence-electron chi connectivity index (χ2n) is 10.4. The van der Waals surface area contributed by atoms with E-state index < -0.39 is 34.6 Å². The fourth-order valence-electron chi connectivity index (χ4n) is 4.68. The van der Waals surface area contributed by atoms with Crippen molar-refractivity contribution in [3.05, 3.63) is 47.0 Å². The number of alkyl carbamates (subject to hydrolysis) is 1. The number of halogens is 1. The molecule has 0 bridgehead atoms. The predicted octanol–water partition coefficient (Wildman–Crippen LogP) is 3.93. The van der Waals surface area contributed by atoms with Crippen molar-refractivity contribution in [2.24, 2.45) is 11.8 Å². The van der Waals surface area contributed by atoms with E-state index in [1.165, 1.54) is 0 Å². The number of carbonyl (C=O) groups excluding carboxylic acids is 4. The van der Waals surface area contributed by atoms with Gasteiger partial charge in [-0.05, 0) is 62.1 Å². The summed E-state index contributed by atoms with van der Waals surface area (Å²) in [4.78, 5) is 50.2. The number of hydrogen-bond donors (Lipinski definition) is 4. The summed E-state index contributed by atoms with van der Waals surface area (Å²) in [5.41, 5.74) is 0.415. The van der Waals surface area contributed by atoms with E-state index in [-0.39, 0.29) is 30.8 Å². The van der Waals surface area contributed by atoms with E-state index in [0.717, 1.165) is 24.8 Å². The van der Waals surface area contributed by atoms with Crippen molar-refractivity contribution in [3.8, 4) is 0 Å². The van der Waals surface area contributed by atoms with Gasteiger partial charge in [-0.25, -0.2) is 4.79 Å². The van der Waals surface area contributed by atoms with Gasteiger partial charge in [0.1, 0.15) is 12.6 Å². The zero-order valence-electron chi connectivity index (χ0n) is 21.3. The van der Waals surface area contributed by atoms with Gasteiger partial charge in [-0.15, -0.1) is 12.6 Å². The smallest absolute Gasteiger partial charge is 0.407 e. The SMILES string of the molecule is CC(C)(COC(=O)N[C@@H](C[C@H]1C=CCCC1)C(=O)N[C@@H](C[C@@H]1CCNC1=O)C(=O)S)c1cccc(Cl)c1. The molecule has 0 unspecified atom stereocenters. The van der Waals surface area contributed by atoms with E-state index in [9.17, 15) is 19.2 Å². The maximum Gasteiger partial charge on any atom is 0.407 e. The lowest BCUT2D eigenvalue weighted by atomic mass is 9.86. The van der Waals surface area contributed by atoms with Crippen LogP contribution in [0.25, 0.3) is 0 Å². The zero-order valence-corrected chi connectivity index (χ0v) is 22.9. The minimum absolute atomic E-state index is 0.0748. The fraction of sp³-hybridized carbons (Fsp3) is 0.556. The number of carbonyl (C=O) groups is 4. The van der Waals surface area contributed by atoms with E-state index in [4.69, 9.17) is 16.3 Å². The molecule has 0 radical (unpaired) electrons. The van der Waals surface area contributed by atoms with E-state index in [1.54, 1.807) is 6.07 Å². The molecule has 8 nitrogen and oxygen atoms in total. The highest BCUT2D eigenvalue weighted by Gasteiger charge is 2.33. The first-order chi connectivity index (χ1) is 17.5. The van der Waals surface area contributed by atoms with Crippen LogP contribution in [0.4, 0.5) is 4.79 Å². The standard InChI is InChI=1S/C27H36ClN3O5S/c1-27(2,19-9-6-10-20(28)15-19)16-36-26(35)31-21(13-17-7-4-3-5-8-17)24(33)30-22(25(34)37)14-18-11-12-29-23(18)32/h4,6-7,9-10,15,17-18,21-22H,3,5,8,11-14,16H2,1-2H3,(H,29,32)(H,30,33)(H,31,35)(H,34,37)/t17-,18-,21-,22-/m0/s1. The zero-order chi connectivity index (χ0) is 27.0. The molecule has 10 heteroatoms. The molecule has 37 heavy (non-hydrogen) atoms. The Labute approximate surface area is 228 Å². The third kappa shape index (κ3) is 8.78. The second kappa shape index (κ2) is 13.3. The average Bonchev–Trinajstić information content (AvgIpc) is 3.26. The van der Waals surface area contributed by atoms with Gasteiger partial charge in [0, 0.05) is 22.9 Å². The van der Waals surface area contributed by atoms with Crippen LogP contribution in [0, 0.1) is 11.8 Å². The van der Waals surface area contributed by atoms with Crippen molar-refractivity contribution >= 4 is 47.3 Å². The van der Waals surface area contributed by atoms with Gasteiger partial charge in [0.2, 0.25) is 16.9 Å². The van der Waals surface area contributed by atoms with Crippen LogP contribution in [0.5, 0.6) is 0 Å². The third-order valence-corrected chi connectivity index (χ3v) is 7.52. The van der Waals surface area contributed by atoms with Crippen LogP contribution in [0.15, 0.2) is 36.4 Å². The molecule has 1 fully saturated rings. The number of amides is 3. The molecule has 3 rings (SSSR count). The number of allylic oxidation sites excluding steroid dienone is 2. The largest absolute Gasteiger partial charge is 0.449 e. The van der Waals surface area contributed by atoms with Crippen LogP contribution in [0.3, 0.4) is 0 Å². The van der Waals surface area contributed by atoms with Crippen molar-refractivity contribution < 1.29 is 23.9 Å². The Morgan fingerprint density at radius 2 is 1.97 bits per heavy atom. The summed E-state index contributed by atoms with van der Waals surface area (Å²) in [6.07, 6.45) is 7.42. The van der Waals surface area contributed by atoms with Crippen LogP contribution in [-0.4, -0.2) is 48.3 Å². The molecule has 202 valence electrons. The summed E-state index contributed by atoms with van der Waals surface area (Å²) < 4.78 is 5.52. The minimum Gasteiger partial charge on any atom is -0.449 e. The first kappa shape index (κ1) is 29.0. The van der Waals surface area contributed by atoms with Gasteiger partial charge in [0.25, 0.3) is 0 Å². The van der Waals surface area contributed by atoms with Crippen LogP contribution in [-0.2, 0) is 24.5 Å². The fourth-order valence-corrected chi connectivity index (χ4v) is 5.04. The Morgan fingerprint density at radius 1 is 1.19 bits per heavy atom. The highest BCUT2D eigenvalue weighted by molar-refractivity contribution is 7.96. The van der Waals surface area contributed by atoms with E-state index in [1.807, 2.05) is 32.0 Å². The molecule has 0 saturated carbocycles. The van der Waals surface area contributed by atoms with E-state index in [2.05, 4.69) is 40.7 Å². The highest BCUT2D eigenvalue weighted by Crippen LogP contribution is 2.26. The van der Waals surface area contributed by atoms with Crippen molar-refractivity contribution in [1.82, 2.24) is 16.0 Å². The molecule has 1 saturated heterocycles. The third-order valence-electron chi connectivity index (χ3n) is 6.97. The summed E-state index contributed by atoms with van der Waals surface area (Å²) in [5.74, 6) is -0.899. The maximum atomic E-state index is 13.3. The number of rotatable bonds is 11. The second-order valence-corrected chi connectivity index (χ2v) is 11.3. The Morgan fingerprint density at radius 3 is 2.59 bits per heavy atom. The Balaban J connectivity index is 1.65. The molecule has 1 heterocycles. The van der Waals surface area contributed by atoms with Crippen LogP contribution >= 0.6 is 24.2 Å². The molecule has 0 aromatic heterocycles. The maximum absolute atomic E-state index is 13.3. The van der Waals surface area contributed by atoms with Gasteiger partial charge in [-0.3, -0.25) is 14.4 Å². The van der Waals surface area contributed by atoms with Gasteiger partial charge >= 0.3 is 6.09 Å². The average molecular weight is 550 g/mol. The first-order valence-corrected chi connectivity index (χ1v) is 13.5. The predicted molar refractivity (Wildman–Crippen MR) is 146 cm³/mol. The molecule has 2 aliphatic rings. The molecular weight excluding hydrogens is 514 g/mol. The summed E-state index contributed by atoms with van der Waals surface area (Å²) in [7, 11) is 0. The summed E-state index contributed by atoms with van der Waals surface area (Å²) in [6.45, 7) is 4.49. The number of ether oxygens (including phenoxy) is 1. The molecule has 0 spiro atoms. The lowest BCUT2D eigenvalue weighted by Gasteiger charge is -2.28. The van der Waals surface area contributed by atoms with Gasteiger partial charge in [0.05, 0.1) is 6.04 Å². The summed E-state index contributed by atoms with van der Waals surface area (Å²) in [5, 5.41) is 8.20. The van der Waals surface area contributed by atoms with E-state index in [0.29, 0.717) is 24.4 Å². The monoisotopic (exact) mass is 549 g/mol. The van der Waals surface area contributed by atoms with Gasteiger partial charge in [-0.1, -0.05) is 49.7 Å². The number of nitrogens with one attached hydrogen (secondary N) is 3. The molecule has 1 aliphatic carbocycles. The van der Waals surface area contributed by atoms with Crippen molar-refractivity contribution in [1.29, 1.82) is 0 Å². The molecule has 1 aromatic carbocycles.